The van der Waals surface area contributed by atoms with Gasteiger partial charge in [0.2, 0.25) is 0 Å². The largest absolute Gasteiger partial charge is 0.508 e. The standard InChI is InChI=1S/C22H23BrN2O7/c1-3-31-19(10-11-20(28)25-30)21(17-12-15(23)6-9-18(17)27)32-22(29)24-16-7-4-14(5-8-16)13(2)26/h4-12,19,21,27,30H,3H2,1-2H3,(H,24,29)(H,25,28)/b11-10+/t19-,21-/m0/s1. The summed E-state index contributed by atoms with van der Waals surface area (Å²) in [6.07, 6.45) is -0.649. The zero-order valence-corrected chi connectivity index (χ0v) is 19.0. The molecule has 4 N–H and O–H groups in total. The number of rotatable bonds is 9. The van der Waals surface area contributed by atoms with E-state index in [0.717, 1.165) is 6.08 Å². The maximum atomic E-state index is 12.6. The lowest BCUT2D eigenvalue weighted by Gasteiger charge is -2.26. The number of carbonyl (C=O) groups excluding carboxylic acids is 3. The molecule has 0 unspecified atom stereocenters. The molecule has 0 bridgehead atoms. The maximum absolute atomic E-state index is 12.6. The van der Waals surface area contributed by atoms with Crippen molar-refractivity contribution in [2.45, 2.75) is 26.1 Å². The van der Waals surface area contributed by atoms with Gasteiger partial charge in [0.25, 0.3) is 5.91 Å². The van der Waals surface area contributed by atoms with E-state index in [9.17, 15) is 19.5 Å². The van der Waals surface area contributed by atoms with E-state index in [0.29, 0.717) is 15.7 Å². The lowest BCUT2D eigenvalue weighted by atomic mass is 10.0. The van der Waals surface area contributed by atoms with Crippen LogP contribution in [0.3, 0.4) is 0 Å². The molecule has 0 aliphatic heterocycles. The summed E-state index contributed by atoms with van der Waals surface area (Å²) >= 11 is 3.31. The molecule has 0 spiro atoms. The number of phenolic OH excluding ortho intramolecular Hbond substituents is 1. The van der Waals surface area contributed by atoms with Crippen molar-refractivity contribution in [3.05, 3.63) is 70.2 Å². The molecular formula is C22H23BrN2O7. The molecule has 2 atom stereocenters. The maximum Gasteiger partial charge on any atom is 0.412 e. The molecule has 0 radical (unpaired) electrons. The van der Waals surface area contributed by atoms with Gasteiger partial charge in [0.1, 0.15) is 11.9 Å². The van der Waals surface area contributed by atoms with Crippen molar-refractivity contribution in [3.8, 4) is 5.75 Å². The summed E-state index contributed by atoms with van der Waals surface area (Å²) in [5.74, 6) is -1.06. The Labute approximate surface area is 193 Å². The van der Waals surface area contributed by atoms with E-state index in [1.165, 1.54) is 24.5 Å². The number of anilines is 1. The van der Waals surface area contributed by atoms with Crippen molar-refractivity contribution in [2.24, 2.45) is 0 Å². The van der Waals surface area contributed by atoms with Crippen molar-refractivity contribution >= 4 is 39.4 Å². The summed E-state index contributed by atoms with van der Waals surface area (Å²) < 4.78 is 11.8. The van der Waals surface area contributed by atoms with Crippen LogP contribution in [0.4, 0.5) is 10.5 Å². The van der Waals surface area contributed by atoms with Crippen LogP contribution in [0.25, 0.3) is 0 Å². The Bertz CT molecular complexity index is 992. The number of ketones is 1. The van der Waals surface area contributed by atoms with E-state index in [4.69, 9.17) is 14.7 Å². The topological polar surface area (TPSA) is 134 Å². The van der Waals surface area contributed by atoms with E-state index < -0.39 is 24.2 Å². The van der Waals surface area contributed by atoms with E-state index in [2.05, 4.69) is 21.2 Å². The SMILES string of the molecule is CCO[C@@H](/C=C/C(=O)NO)[C@@H](OC(=O)Nc1ccc(C(C)=O)cc1)c1cc(Br)ccc1O. The van der Waals surface area contributed by atoms with Gasteiger partial charge < -0.3 is 14.6 Å². The highest BCUT2D eigenvalue weighted by molar-refractivity contribution is 9.10. The molecule has 2 rings (SSSR count). The van der Waals surface area contributed by atoms with Crippen LogP contribution in [0.15, 0.2) is 59.1 Å². The Morgan fingerprint density at radius 1 is 1.16 bits per heavy atom. The Balaban J connectivity index is 2.33. The van der Waals surface area contributed by atoms with Crippen LogP contribution in [0.2, 0.25) is 0 Å². The van der Waals surface area contributed by atoms with Crippen LogP contribution in [-0.4, -0.2) is 40.8 Å². The number of hydroxylamine groups is 1. The number of hydrogen-bond acceptors (Lipinski definition) is 7. The second-order valence-electron chi connectivity index (χ2n) is 6.54. The molecule has 0 fully saturated rings. The summed E-state index contributed by atoms with van der Waals surface area (Å²) in [7, 11) is 0. The smallest absolute Gasteiger partial charge is 0.412 e. The van der Waals surface area contributed by atoms with Crippen molar-refractivity contribution in [2.75, 3.05) is 11.9 Å². The van der Waals surface area contributed by atoms with Crippen LogP contribution in [0.1, 0.15) is 35.9 Å². The molecule has 0 saturated carbocycles. The molecule has 0 aliphatic carbocycles. The molecule has 2 amide bonds. The molecule has 2 aromatic carbocycles. The summed E-state index contributed by atoms with van der Waals surface area (Å²) in [5.41, 5.74) is 2.58. The van der Waals surface area contributed by atoms with Crippen molar-refractivity contribution < 1.29 is 34.2 Å². The zero-order valence-electron chi connectivity index (χ0n) is 17.4. The highest BCUT2D eigenvalue weighted by atomic mass is 79.9. The van der Waals surface area contributed by atoms with Crippen LogP contribution < -0.4 is 10.8 Å². The number of aromatic hydroxyl groups is 1. The number of nitrogens with one attached hydrogen (secondary N) is 2. The Hall–Kier alpha value is -3.21. The predicted octanol–water partition coefficient (Wildman–Crippen LogP) is 4.11. The highest BCUT2D eigenvalue weighted by Crippen LogP contribution is 2.34. The fourth-order valence-corrected chi connectivity index (χ4v) is 3.15. The van der Waals surface area contributed by atoms with Gasteiger partial charge in [-0.1, -0.05) is 15.9 Å². The van der Waals surface area contributed by atoms with Gasteiger partial charge in [-0.2, -0.15) is 0 Å². The van der Waals surface area contributed by atoms with Gasteiger partial charge in [0.15, 0.2) is 11.9 Å². The zero-order chi connectivity index (χ0) is 23.7. The van der Waals surface area contributed by atoms with Crippen LogP contribution in [0, 0.1) is 0 Å². The summed E-state index contributed by atoms with van der Waals surface area (Å²) in [6.45, 7) is 3.35. The van der Waals surface area contributed by atoms with Crippen LogP contribution in [-0.2, 0) is 14.3 Å². The van der Waals surface area contributed by atoms with Gasteiger partial charge in [0.05, 0.1) is 0 Å². The van der Waals surface area contributed by atoms with Gasteiger partial charge in [-0.05, 0) is 62.4 Å². The minimum absolute atomic E-state index is 0.109. The molecule has 0 aromatic heterocycles. The molecule has 32 heavy (non-hydrogen) atoms. The molecule has 0 saturated heterocycles. The van der Waals surface area contributed by atoms with Gasteiger partial charge in [-0.15, -0.1) is 0 Å². The predicted molar refractivity (Wildman–Crippen MR) is 120 cm³/mol. The van der Waals surface area contributed by atoms with Crippen molar-refractivity contribution in [1.82, 2.24) is 5.48 Å². The molecule has 170 valence electrons. The first-order valence-electron chi connectivity index (χ1n) is 9.56. The fraction of sp³-hybridized carbons (Fsp3) is 0.227. The van der Waals surface area contributed by atoms with E-state index in [1.807, 2.05) is 0 Å². The molecule has 2 aromatic rings. The van der Waals surface area contributed by atoms with E-state index in [-0.39, 0.29) is 23.7 Å². The monoisotopic (exact) mass is 506 g/mol. The molecule has 0 heterocycles. The van der Waals surface area contributed by atoms with Gasteiger partial charge in [-0.3, -0.25) is 20.1 Å². The average Bonchev–Trinajstić information content (AvgIpc) is 2.77. The Morgan fingerprint density at radius 2 is 1.84 bits per heavy atom. The summed E-state index contributed by atoms with van der Waals surface area (Å²) in [4.78, 5) is 35.5. The lowest BCUT2D eigenvalue weighted by molar-refractivity contribution is -0.124. The lowest BCUT2D eigenvalue weighted by Crippen LogP contribution is -2.28. The third-order valence-electron chi connectivity index (χ3n) is 4.27. The first-order chi connectivity index (χ1) is 15.2. The number of benzene rings is 2. The summed E-state index contributed by atoms with van der Waals surface area (Å²) in [5, 5.41) is 21.6. The Morgan fingerprint density at radius 3 is 2.44 bits per heavy atom. The normalized spacial score (nSPS) is 12.8. The minimum Gasteiger partial charge on any atom is -0.508 e. The summed E-state index contributed by atoms with van der Waals surface area (Å²) in [6, 6.07) is 10.8. The third-order valence-corrected chi connectivity index (χ3v) is 4.77. The second kappa shape index (κ2) is 12.0. The van der Waals surface area contributed by atoms with Crippen molar-refractivity contribution in [3.63, 3.8) is 0 Å². The number of carbonyl (C=O) groups is 3. The quantitative estimate of drug-likeness (QED) is 0.174. The minimum atomic E-state index is -1.15. The highest BCUT2D eigenvalue weighted by Gasteiger charge is 2.29. The number of phenols is 1. The first-order valence-corrected chi connectivity index (χ1v) is 10.3. The number of halogens is 1. The molecule has 9 nitrogen and oxygen atoms in total. The number of ether oxygens (including phenoxy) is 2. The second-order valence-corrected chi connectivity index (χ2v) is 7.46. The first kappa shape index (κ1) is 25.1. The van der Waals surface area contributed by atoms with E-state index >= 15 is 0 Å². The molecule has 0 aliphatic rings. The number of amides is 2. The molecule has 10 heteroatoms. The van der Waals surface area contributed by atoms with Gasteiger partial charge in [-0.25, -0.2) is 10.3 Å². The van der Waals surface area contributed by atoms with Crippen molar-refractivity contribution in [1.29, 1.82) is 0 Å². The Kier molecular flexibility index (Phi) is 9.39. The third kappa shape index (κ3) is 7.19. The van der Waals surface area contributed by atoms with Crippen LogP contribution >= 0.6 is 15.9 Å². The number of Topliss-reactive ketones (excluding diaryl/α,β-unsaturated/α-hetero) is 1. The fourth-order valence-electron chi connectivity index (χ4n) is 2.77. The van der Waals surface area contributed by atoms with Gasteiger partial charge >= 0.3 is 6.09 Å². The van der Waals surface area contributed by atoms with E-state index in [1.54, 1.807) is 43.3 Å². The van der Waals surface area contributed by atoms with Crippen LogP contribution in [0.5, 0.6) is 5.75 Å². The molecular weight excluding hydrogens is 484 g/mol. The number of hydrogen-bond donors (Lipinski definition) is 4. The average molecular weight is 507 g/mol. The van der Waals surface area contributed by atoms with Gasteiger partial charge in [0, 0.05) is 34.0 Å².